The minimum Gasteiger partial charge on any atom is -0.507 e. The summed E-state index contributed by atoms with van der Waals surface area (Å²) in [4.78, 5) is 14.3. The number of nitrogens with zero attached hydrogens (tertiary/aromatic N) is 4. The number of phenols is 1. The summed E-state index contributed by atoms with van der Waals surface area (Å²) in [5, 5.41) is 12.3. The molecule has 3 heterocycles. The molecular formula is C19H14N4OS2Zn. The molecule has 4 aromatic rings. The summed E-state index contributed by atoms with van der Waals surface area (Å²) in [6.07, 6.45) is 0. The van der Waals surface area contributed by atoms with Crippen LogP contribution in [0.15, 0.2) is 64.6 Å². The van der Waals surface area contributed by atoms with Crippen molar-refractivity contribution in [3.8, 4) is 22.8 Å². The summed E-state index contributed by atoms with van der Waals surface area (Å²) >= 11 is 3.45. The Morgan fingerprint density at radius 2 is 1.48 bits per heavy atom. The second-order valence-electron chi connectivity index (χ2n) is 5.80. The minimum absolute atomic E-state index is 0. The molecule has 5 rings (SSSR count). The summed E-state index contributed by atoms with van der Waals surface area (Å²) in [5.41, 5.74) is 2.91. The van der Waals surface area contributed by atoms with E-state index in [1.54, 1.807) is 35.7 Å². The van der Waals surface area contributed by atoms with Gasteiger partial charge in [-0.1, -0.05) is 30.3 Å². The summed E-state index contributed by atoms with van der Waals surface area (Å²) in [6.45, 7) is 0. The summed E-state index contributed by atoms with van der Waals surface area (Å²) in [7, 11) is 0. The van der Waals surface area contributed by atoms with Gasteiger partial charge in [0.2, 0.25) is 0 Å². The van der Waals surface area contributed by atoms with Crippen LogP contribution in [-0.4, -0.2) is 36.1 Å². The van der Waals surface area contributed by atoms with Gasteiger partial charge in [-0.15, -0.1) is 23.5 Å². The van der Waals surface area contributed by atoms with E-state index in [1.165, 1.54) is 0 Å². The van der Waals surface area contributed by atoms with Crippen LogP contribution in [0, 0.1) is 0 Å². The Bertz CT molecular complexity index is 1120. The number of para-hydroxylation sites is 2. The molecule has 2 aromatic carbocycles. The first-order valence-corrected chi connectivity index (χ1v) is 10.2. The van der Waals surface area contributed by atoms with Gasteiger partial charge in [-0.05, 0) is 24.3 Å². The molecule has 0 saturated heterocycles. The molecule has 8 heteroatoms. The van der Waals surface area contributed by atoms with E-state index in [0.717, 1.165) is 27.2 Å². The molecule has 0 saturated carbocycles. The molecule has 0 bridgehead atoms. The zero-order valence-electron chi connectivity index (χ0n) is 14.4. The zero-order valence-corrected chi connectivity index (χ0v) is 19.0. The van der Waals surface area contributed by atoms with Gasteiger partial charge in [0.25, 0.3) is 0 Å². The minimum atomic E-state index is 0. The number of thioether (sulfide) groups is 2. The summed E-state index contributed by atoms with van der Waals surface area (Å²) < 4.78 is 1.97. The van der Waals surface area contributed by atoms with Crippen LogP contribution in [0.25, 0.3) is 28.4 Å². The van der Waals surface area contributed by atoms with E-state index in [1.807, 2.05) is 47.0 Å². The number of fused-ring (bicyclic) bond motifs is 2. The first-order chi connectivity index (χ1) is 12.8. The smallest absolute Gasteiger partial charge is 0.199 e. The largest absolute Gasteiger partial charge is 0.507 e. The van der Waals surface area contributed by atoms with Crippen LogP contribution in [0.5, 0.6) is 5.75 Å². The van der Waals surface area contributed by atoms with Gasteiger partial charge in [0.1, 0.15) is 15.8 Å². The first kappa shape index (κ1) is 18.5. The number of benzene rings is 2. The van der Waals surface area contributed by atoms with E-state index in [2.05, 4.69) is 0 Å². The molecule has 130 valence electrons. The summed E-state index contributed by atoms with van der Waals surface area (Å²) in [5.74, 6) is 2.89. The fourth-order valence-corrected chi connectivity index (χ4v) is 5.04. The van der Waals surface area contributed by atoms with Gasteiger partial charge in [0.15, 0.2) is 17.1 Å². The molecule has 0 unspecified atom stereocenters. The molecule has 0 fully saturated rings. The second-order valence-corrected chi connectivity index (χ2v) is 7.97. The van der Waals surface area contributed by atoms with Crippen molar-refractivity contribution in [1.82, 2.24) is 19.5 Å². The van der Waals surface area contributed by atoms with Crippen LogP contribution in [-0.2, 0) is 19.5 Å². The van der Waals surface area contributed by atoms with Gasteiger partial charge in [-0.25, -0.2) is 15.0 Å². The third kappa shape index (κ3) is 3.26. The molecule has 27 heavy (non-hydrogen) atoms. The number of hydrogen-bond donors (Lipinski definition) is 1. The quantitative estimate of drug-likeness (QED) is 0.464. The molecule has 2 aromatic heterocycles. The van der Waals surface area contributed by atoms with Crippen molar-refractivity contribution in [1.29, 1.82) is 0 Å². The fraction of sp³-hybridized carbons (Fsp3) is 0.105. The third-order valence-electron chi connectivity index (χ3n) is 4.15. The van der Waals surface area contributed by atoms with Gasteiger partial charge < -0.3 is 5.11 Å². The van der Waals surface area contributed by atoms with Crippen molar-refractivity contribution < 1.29 is 24.6 Å². The maximum Gasteiger partial charge on any atom is 0.199 e. The van der Waals surface area contributed by atoms with Crippen LogP contribution in [0.2, 0.25) is 0 Å². The molecule has 1 N–H and O–H groups in total. The van der Waals surface area contributed by atoms with E-state index in [4.69, 9.17) is 15.0 Å². The van der Waals surface area contributed by atoms with Gasteiger partial charge in [0, 0.05) is 36.7 Å². The maximum atomic E-state index is 10.4. The van der Waals surface area contributed by atoms with E-state index >= 15 is 0 Å². The molecule has 1 aliphatic rings. The van der Waals surface area contributed by atoms with E-state index in [9.17, 15) is 5.11 Å². The van der Waals surface area contributed by atoms with Gasteiger partial charge >= 0.3 is 0 Å². The number of rotatable bonds is 2. The van der Waals surface area contributed by atoms with Crippen LogP contribution < -0.4 is 0 Å². The van der Waals surface area contributed by atoms with Crippen LogP contribution in [0.4, 0.5) is 0 Å². The van der Waals surface area contributed by atoms with Crippen molar-refractivity contribution in [2.24, 2.45) is 0 Å². The van der Waals surface area contributed by atoms with Crippen molar-refractivity contribution in [3.05, 3.63) is 54.6 Å². The molecule has 0 radical (unpaired) electrons. The third-order valence-corrected chi connectivity index (χ3v) is 6.47. The van der Waals surface area contributed by atoms with Crippen LogP contribution >= 0.6 is 23.5 Å². The Hall–Kier alpha value is -1.89. The average molecular weight is 444 g/mol. The Labute approximate surface area is 177 Å². The number of aromatic nitrogens is 4. The zero-order chi connectivity index (χ0) is 17.5. The molecule has 0 aliphatic carbocycles. The standard InChI is InChI=1S/C19H14N4OS2.Zn/c24-14-9-5-4-8-13(14)16-20-15-17(23(16)12-6-2-1-3-7-12)22-19-18(21-15)25-10-11-26-19;/h1-9,24H,10-11H2;. The monoisotopic (exact) mass is 442 g/mol. The number of aromatic hydroxyl groups is 1. The first-order valence-electron chi connectivity index (χ1n) is 8.21. The van der Waals surface area contributed by atoms with Crippen molar-refractivity contribution >= 4 is 34.8 Å². The molecule has 1 aliphatic heterocycles. The van der Waals surface area contributed by atoms with Gasteiger partial charge in [0.05, 0.1) is 5.56 Å². The normalized spacial score (nSPS) is 13.2. The predicted molar refractivity (Wildman–Crippen MR) is 105 cm³/mol. The van der Waals surface area contributed by atoms with E-state index in [-0.39, 0.29) is 25.2 Å². The molecular weight excluding hydrogens is 430 g/mol. The van der Waals surface area contributed by atoms with Crippen molar-refractivity contribution in [2.45, 2.75) is 10.1 Å². The SMILES string of the molecule is Oc1ccccc1-c1nc2nc3c(nc2n1-c1ccccc1)SCCS3.[Zn]. The van der Waals surface area contributed by atoms with Gasteiger partial charge in [-0.3, -0.25) is 4.57 Å². The molecule has 0 spiro atoms. The molecule has 0 amide bonds. The number of hydrogen-bond acceptors (Lipinski definition) is 6. The topological polar surface area (TPSA) is 63.8 Å². The molecule has 0 atom stereocenters. The number of phenolic OH excluding ortho intramolecular Hbond substituents is 1. The second kappa shape index (κ2) is 7.62. The molecule has 5 nitrogen and oxygen atoms in total. The Morgan fingerprint density at radius 1 is 0.815 bits per heavy atom. The number of imidazole rings is 1. The maximum absolute atomic E-state index is 10.4. The Morgan fingerprint density at radius 3 is 2.22 bits per heavy atom. The van der Waals surface area contributed by atoms with Crippen molar-refractivity contribution in [3.63, 3.8) is 0 Å². The van der Waals surface area contributed by atoms with Crippen LogP contribution in [0.1, 0.15) is 0 Å². The fourth-order valence-electron chi connectivity index (χ4n) is 2.99. The van der Waals surface area contributed by atoms with Gasteiger partial charge in [-0.2, -0.15) is 0 Å². The summed E-state index contributed by atoms with van der Waals surface area (Å²) in [6, 6.07) is 17.2. The Balaban J connectivity index is 0.00000180. The van der Waals surface area contributed by atoms with Crippen molar-refractivity contribution in [2.75, 3.05) is 11.5 Å². The Kier molecular flexibility index (Phi) is 5.21. The van der Waals surface area contributed by atoms with Crippen LogP contribution in [0.3, 0.4) is 0 Å². The van der Waals surface area contributed by atoms with E-state index < -0.39 is 0 Å². The van der Waals surface area contributed by atoms with E-state index in [0.29, 0.717) is 22.7 Å². The predicted octanol–water partition coefficient (Wildman–Crippen LogP) is 4.38. The average Bonchev–Trinajstić information content (AvgIpc) is 3.05.